The molecule has 28 heavy (non-hydrogen) atoms. The van der Waals surface area contributed by atoms with Crippen molar-refractivity contribution >= 4 is 33.2 Å². The number of carbonyl (C=O) groups excluding carboxylic acids is 1. The molecule has 146 valence electrons. The highest BCUT2D eigenvalue weighted by Crippen LogP contribution is 2.24. The van der Waals surface area contributed by atoms with Crippen molar-refractivity contribution in [3.63, 3.8) is 0 Å². The SMILES string of the molecule is Cc1ccc(C(=O)NCc2ccc(-c3ccc(Cl)cc3)o2)cc1NS(C)(=O)=O. The zero-order valence-electron chi connectivity index (χ0n) is 15.3. The van der Waals surface area contributed by atoms with Gasteiger partial charge in [-0.3, -0.25) is 9.52 Å². The third-order valence-electron chi connectivity index (χ3n) is 4.01. The van der Waals surface area contributed by atoms with Crippen LogP contribution in [0.4, 0.5) is 5.69 Å². The molecule has 8 heteroatoms. The van der Waals surface area contributed by atoms with Crippen LogP contribution in [0.25, 0.3) is 11.3 Å². The minimum Gasteiger partial charge on any atom is -0.459 e. The summed E-state index contributed by atoms with van der Waals surface area (Å²) in [5, 5.41) is 3.41. The minimum atomic E-state index is -3.43. The number of nitrogens with one attached hydrogen (secondary N) is 2. The van der Waals surface area contributed by atoms with Gasteiger partial charge >= 0.3 is 0 Å². The van der Waals surface area contributed by atoms with Crippen LogP contribution >= 0.6 is 11.6 Å². The molecule has 0 aliphatic heterocycles. The fraction of sp³-hybridized carbons (Fsp3) is 0.150. The van der Waals surface area contributed by atoms with Gasteiger partial charge in [-0.25, -0.2) is 8.42 Å². The van der Waals surface area contributed by atoms with E-state index in [0.717, 1.165) is 17.4 Å². The molecule has 0 radical (unpaired) electrons. The number of hydrogen-bond acceptors (Lipinski definition) is 4. The number of sulfonamides is 1. The number of benzene rings is 2. The summed E-state index contributed by atoms with van der Waals surface area (Å²) in [5.41, 5.74) is 2.33. The summed E-state index contributed by atoms with van der Waals surface area (Å²) in [6.45, 7) is 1.96. The van der Waals surface area contributed by atoms with Crippen LogP contribution in [0.2, 0.25) is 5.02 Å². The van der Waals surface area contributed by atoms with Crippen LogP contribution in [0.3, 0.4) is 0 Å². The Balaban J connectivity index is 1.68. The Labute approximate surface area is 168 Å². The Morgan fingerprint density at radius 3 is 2.46 bits per heavy atom. The lowest BCUT2D eigenvalue weighted by Gasteiger charge is -2.10. The first-order valence-corrected chi connectivity index (χ1v) is 10.7. The summed E-state index contributed by atoms with van der Waals surface area (Å²) in [5.74, 6) is 0.941. The number of carbonyl (C=O) groups is 1. The molecule has 1 amide bonds. The van der Waals surface area contributed by atoms with E-state index in [1.807, 2.05) is 18.2 Å². The Morgan fingerprint density at radius 1 is 1.07 bits per heavy atom. The van der Waals surface area contributed by atoms with Gasteiger partial charge < -0.3 is 9.73 Å². The lowest BCUT2D eigenvalue weighted by atomic mass is 10.1. The first-order valence-electron chi connectivity index (χ1n) is 8.42. The summed E-state index contributed by atoms with van der Waals surface area (Å²) in [6, 6.07) is 15.7. The van der Waals surface area contributed by atoms with Crippen LogP contribution in [0, 0.1) is 6.92 Å². The van der Waals surface area contributed by atoms with Crippen molar-refractivity contribution in [2.45, 2.75) is 13.5 Å². The largest absolute Gasteiger partial charge is 0.459 e. The first-order chi connectivity index (χ1) is 13.2. The molecule has 1 heterocycles. The molecule has 2 aromatic carbocycles. The van der Waals surface area contributed by atoms with Gasteiger partial charge in [0.25, 0.3) is 5.91 Å². The number of rotatable bonds is 6. The second-order valence-corrected chi connectivity index (χ2v) is 8.54. The predicted molar refractivity (Wildman–Crippen MR) is 110 cm³/mol. The summed E-state index contributed by atoms with van der Waals surface area (Å²) in [6.07, 6.45) is 1.06. The molecule has 0 aliphatic carbocycles. The van der Waals surface area contributed by atoms with Gasteiger partial charge in [0, 0.05) is 16.1 Å². The number of anilines is 1. The average molecular weight is 419 g/mol. The van der Waals surface area contributed by atoms with Gasteiger partial charge in [-0.2, -0.15) is 0 Å². The van der Waals surface area contributed by atoms with E-state index in [0.29, 0.717) is 27.8 Å². The van der Waals surface area contributed by atoms with Crippen LogP contribution < -0.4 is 10.0 Å². The lowest BCUT2D eigenvalue weighted by molar-refractivity contribution is 0.0948. The highest BCUT2D eigenvalue weighted by molar-refractivity contribution is 7.92. The smallest absolute Gasteiger partial charge is 0.251 e. The van der Waals surface area contributed by atoms with Crippen LogP contribution in [0.5, 0.6) is 0 Å². The van der Waals surface area contributed by atoms with Crippen LogP contribution in [-0.2, 0) is 16.6 Å². The van der Waals surface area contributed by atoms with Crippen molar-refractivity contribution in [3.05, 3.63) is 76.5 Å². The minimum absolute atomic E-state index is 0.204. The van der Waals surface area contributed by atoms with E-state index in [-0.39, 0.29) is 12.5 Å². The van der Waals surface area contributed by atoms with Crippen molar-refractivity contribution in [1.82, 2.24) is 5.32 Å². The highest BCUT2D eigenvalue weighted by Gasteiger charge is 2.12. The van der Waals surface area contributed by atoms with Gasteiger partial charge in [-0.05, 0) is 61.0 Å². The maximum atomic E-state index is 12.4. The topological polar surface area (TPSA) is 88.4 Å². The van der Waals surface area contributed by atoms with Gasteiger partial charge in [-0.15, -0.1) is 0 Å². The maximum absolute atomic E-state index is 12.4. The molecule has 2 N–H and O–H groups in total. The second-order valence-electron chi connectivity index (χ2n) is 6.36. The van der Waals surface area contributed by atoms with Crippen molar-refractivity contribution in [2.75, 3.05) is 11.0 Å². The molecule has 3 rings (SSSR count). The Hall–Kier alpha value is -2.77. The van der Waals surface area contributed by atoms with E-state index in [4.69, 9.17) is 16.0 Å². The van der Waals surface area contributed by atoms with Crippen molar-refractivity contribution in [2.24, 2.45) is 0 Å². The van der Waals surface area contributed by atoms with E-state index in [1.54, 1.807) is 37.3 Å². The molecule has 0 fully saturated rings. The van der Waals surface area contributed by atoms with Gasteiger partial charge in [0.2, 0.25) is 10.0 Å². The Bertz CT molecular complexity index is 1110. The normalized spacial score (nSPS) is 11.2. The van der Waals surface area contributed by atoms with E-state index < -0.39 is 10.0 Å². The molecule has 0 bridgehead atoms. The predicted octanol–water partition coefficient (Wildman–Crippen LogP) is 4.21. The molecule has 3 aromatic rings. The molecule has 0 saturated heterocycles. The fourth-order valence-electron chi connectivity index (χ4n) is 2.58. The maximum Gasteiger partial charge on any atom is 0.251 e. The van der Waals surface area contributed by atoms with Crippen molar-refractivity contribution < 1.29 is 17.6 Å². The summed E-state index contributed by atoms with van der Waals surface area (Å²) in [4.78, 5) is 12.4. The Kier molecular flexibility index (Phi) is 5.76. The fourth-order valence-corrected chi connectivity index (χ4v) is 3.33. The van der Waals surface area contributed by atoms with E-state index >= 15 is 0 Å². The number of amides is 1. The van der Waals surface area contributed by atoms with E-state index in [9.17, 15) is 13.2 Å². The summed E-state index contributed by atoms with van der Waals surface area (Å²) in [7, 11) is -3.43. The molecule has 0 aliphatic rings. The van der Waals surface area contributed by atoms with E-state index in [1.165, 1.54) is 6.07 Å². The standard InChI is InChI=1S/C20H19ClN2O4S/c1-13-3-4-15(11-18(13)23-28(2,25)26)20(24)22-12-17-9-10-19(27-17)14-5-7-16(21)8-6-14/h3-11,23H,12H2,1-2H3,(H,22,24). The summed E-state index contributed by atoms with van der Waals surface area (Å²) >= 11 is 5.89. The molecule has 1 aromatic heterocycles. The number of hydrogen-bond donors (Lipinski definition) is 2. The third-order valence-corrected chi connectivity index (χ3v) is 4.85. The molecule has 0 spiro atoms. The van der Waals surface area contributed by atoms with Gasteiger partial charge in [0.05, 0.1) is 18.5 Å². The molecular formula is C20H19ClN2O4S. The molecule has 0 unspecified atom stereocenters. The van der Waals surface area contributed by atoms with Gasteiger partial charge in [0.15, 0.2) is 0 Å². The van der Waals surface area contributed by atoms with Gasteiger partial charge in [0.1, 0.15) is 11.5 Å². The lowest BCUT2D eigenvalue weighted by Crippen LogP contribution is -2.23. The molecule has 6 nitrogen and oxygen atoms in total. The van der Waals surface area contributed by atoms with Crippen LogP contribution in [-0.4, -0.2) is 20.6 Å². The monoisotopic (exact) mass is 418 g/mol. The van der Waals surface area contributed by atoms with Crippen LogP contribution in [0.1, 0.15) is 21.7 Å². The van der Waals surface area contributed by atoms with Crippen molar-refractivity contribution in [3.8, 4) is 11.3 Å². The van der Waals surface area contributed by atoms with Gasteiger partial charge in [-0.1, -0.05) is 17.7 Å². The third kappa shape index (κ3) is 5.15. The van der Waals surface area contributed by atoms with E-state index in [2.05, 4.69) is 10.0 Å². The van der Waals surface area contributed by atoms with Crippen LogP contribution in [0.15, 0.2) is 59.0 Å². The molecular weight excluding hydrogens is 400 g/mol. The number of aryl methyl sites for hydroxylation is 1. The number of furan rings is 1. The highest BCUT2D eigenvalue weighted by atomic mass is 35.5. The zero-order valence-corrected chi connectivity index (χ0v) is 16.9. The Morgan fingerprint density at radius 2 is 1.79 bits per heavy atom. The second kappa shape index (κ2) is 8.08. The molecule has 0 atom stereocenters. The first kappa shape index (κ1) is 20.0. The quantitative estimate of drug-likeness (QED) is 0.627. The zero-order chi connectivity index (χ0) is 20.3. The molecule has 0 saturated carbocycles. The summed E-state index contributed by atoms with van der Waals surface area (Å²) < 4.78 is 31.1. The van der Waals surface area contributed by atoms with Crippen molar-refractivity contribution in [1.29, 1.82) is 0 Å². The average Bonchev–Trinajstić information content (AvgIpc) is 3.10. The number of halogens is 1.